The lowest BCUT2D eigenvalue weighted by Gasteiger charge is -2.06. The molecule has 0 N–H and O–H groups in total. The van der Waals surface area contributed by atoms with E-state index in [-0.39, 0.29) is 0 Å². The van der Waals surface area contributed by atoms with E-state index >= 15 is 0 Å². The zero-order chi connectivity index (χ0) is 13.8. The van der Waals surface area contributed by atoms with E-state index < -0.39 is 0 Å². The van der Waals surface area contributed by atoms with Gasteiger partial charge < -0.3 is 0 Å². The summed E-state index contributed by atoms with van der Waals surface area (Å²) in [5.74, 6) is 0. The third-order valence-electron chi connectivity index (χ3n) is 3.30. The lowest BCUT2D eigenvalue weighted by atomic mass is 10.0. The molecule has 0 saturated heterocycles. The summed E-state index contributed by atoms with van der Waals surface area (Å²) in [5.41, 5.74) is 5.67. The second-order valence-corrected chi connectivity index (χ2v) is 4.62. The van der Waals surface area contributed by atoms with Gasteiger partial charge in [-0.3, -0.25) is 4.98 Å². The highest BCUT2D eigenvalue weighted by molar-refractivity contribution is 5.72. The SMILES string of the molecule is C=Cc1ccc(-c2cccc(-c3ccccn3)c2)cc1. The van der Waals surface area contributed by atoms with Crippen molar-refractivity contribution in [3.05, 3.63) is 85.1 Å². The monoisotopic (exact) mass is 257 g/mol. The molecule has 3 rings (SSSR count). The van der Waals surface area contributed by atoms with Gasteiger partial charge in [-0.15, -0.1) is 0 Å². The standard InChI is InChI=1S/C19H15N/c1-2-15-9-11-16(12-10-15)17-6-5-7-18(14-17)19-8-3-4-13-20-19/h2-14H,1H2. The molecule has 0 amide bonds. The van der Waals surface area contributed by atoms with Crippen molar-refractivity contribution >= 4 is 6.08 Å². The Balaban J connectivity index is 2.00. The van der Waals surface area contributed by atoms with Gasteiger partial charge in [-0.25, -0.2) is 0 Å². The Morgan fingerprint density at radius 3 is 2.25 bits per heavy atom. The number of nitrogens with zero attached hydrogens (tertiary/aromatic N) is 1. The number of rotatable bonds is 3. The molecule has 0 unspecified atom stereocenters. The largest absolute Gasteiger partial charge is 0.256 e. The summed E-state index contributed by atoms with van der Waals surface area (Å²) in [7, 11) is 0. The van der Waals surface area contributed by atoms with Gasteiger partial charge in [-0.2, -0.15) is 0 Å². The van der Waals surface area contributed by atoms with E-state index in [0.717, 1.165) is 16.8 Å². The molecular weight excluding hydrogens is 242 g/mol. The lowest BCUT2D eigenvalue weighted by molar-refractivity contribution is 1.33. The van der Waals surface area contributed by atoms with Crippen molar-refractivity contribution in [3.8, 4) is 22.4 Å². The molecule has 1 heterocycles. The van der Waals surface area contributed by atoms with Crippen LogP contribution >= 0.6 is 0 Å². The van der Waals surface area contributed by atoms with Gasteiger partial charge in [0, 0.05) is 11.8 Å². The highest BCUT2D eigenvalue weighted by Crippen LogP contribution is 2.25. The molecule has 0 radical (unpaired) electrons. The first-order valence-electron chi connectivity index (χ1n) is 6.61. The van der Waals surface area contributed by atoms with Crippen molar-refractivity contribution in [2.24, 2.45) is 0 Å². The molecule has 0 saturated carbocycles. The fourth-order valence-electron chi connectivity index (χ4n) is 2.20. The molecule has 0 spiro atoms. The minimum Gasteiger partial charge on any atom is -0.256 e. The Labute approximate surface area is 119 Å². The molecule has 1 nitrogen and oxygen atoms in total. The summed E-state index contributed by atoms with van der Waals surface area (Å²) in [5, 5.41) is 0. The molecule has 0 aliphatic rings. The van der Waals surface area contributed by atoms with E-state index in [9.17, 15) is 0 Å². The highest BCUT2D eigenvalue weighted by atomic mass is 14.7. The molecule has 0 bridgehead atoms. The second-order valence-electron chi connectivity index (χ2n) is 4.62. The number of benzene rings is 2. The zero-order valence-electron chi connectivity index (χ0n) is 11.2. The molecule has 1 heteroatoms. The van der Waals surface area contributed by atoms with Crippen molar-refractivity contribution in [2.45, 2.75) is 0 Å². The van der Waals surface area contributed by atoms with Gasteiger partial charge in [0.1, 0.15) is 0 Å². The summed E-state index contributed by atoms with van der Waals surface area (Å²) in [6.07, 6.45) is 3.68. The Morgan fingerprint density at radius 2 is 1.55 bits per heavy atom. The van der Waals surface area contributed by atoms with E-state index in [1.54, 1.807) is 0 Å². The predicted octanol–water partition coefficient (Wildman–Crippen LogP) is 5.06. The van der Waals surface area contributed by atoms with Crippen LogP contribution in [0.3, 0.4) is 0 Å². The summed E-state index contributed by atoms with van der Waals surface area (Å²) < 4.78 is 0. The number of pyridine rings is 1. The van der Waals surface area contributed by atoms with Gasteiger partial charge >= 0.3 is 0 Å². The van der Waals surface area contributed by atoms with Crippen molar-refractivity contribution in [3.63, 3.8) is 0 Å². The van der Waals surface area contributed by atoms with Gasteiger partial charge in [0.15, 0.2) is 0 Å². The van der Waals surface area contributed by atoms with Crippen LogP contribution in [0, 0.1) is 0 Å². The van der Waals surface area contributed by atoms with Gasteiger partial charge in [-0.1, -0.05) is 61.2 Å². The molecular formula is C19H15N. The van der Waals surface area contributed by atoms with Gasteiger partial charge in [0.2, 0.25) is 0 Å². The Bertz CT molecular complexity index is 712. The third-order valence-corrected chi connectivity index (χ3v) is 3.30. The normalized spacial score (nSPS) is 10.2. The first-order chi connectivity index (χ1) is 9.86. The zero-order valence-corrected chi connectivity index (χ0v) is 11.2. The molecule has 0 aliphatic heterocycles. The maximum atomic E-state index is 4.40. The fraction of sp³-hybridized carbons (Fsp3) is 0. The maximum Gasteiger partial charge on any atom is 0.0702 e. The van der Waals surface area contributed by atoms with Crippen LogP contribution in [-0.2, 0) is 0 Å². The Kier molecular flexibility index (Phi) is 3.42. The topological polar surface area (TPSA) is 12.9 Å². The number of hydrogen-bond donors (Lipinski definition) is 0. The van der Waals surface area contributed by atoms with E-state index in [2.05, 4.69) is 60.1 Å². The van der Waals surface area contributed by atoms with E-state index in [0.29, 0.717) is 0 Å². The van der Waals surface area contributed by atoms with Crippen molar-refractivity contribution in [1.29, 1.82) is 0 Å². The van der Waals surface area contributed by atoms with Gasteiger partial charge in [0.05, 0.1) is 5.69 Å². The van der Waals surface area contributed by atoms with Crippen LogP contribution in [-0.4, -0.2) is 4.98 Å². The van der Waals surface area contributed by atoms with E-state index in [4.69, 9.17) is 0 Å². The predicted molar refractivity (Wildman–Crippen MR) is 85.2 cm³/mol. The molecule has 20 heavy (non-hydrogen) atoms. The van der Waals surface area contributed by atoms with Crippen LogP contribution in [0.2, 0.25) is 0 Å². The summed E-state index contributed by atoms with van der Waals surface area (Å²) >= 11 is 0. The first kappa shape index (κ1) is 12.4. The van der Waals surface area contributed by atoms with Crippen LogP contribution in [0.15, 0.2) is 79.5 Å². The smallest absolute Gasteiger partial charge is 0.0702 e. The minimum atomic E-state index is 0.997. The van der Waals surface area contributed by atoms with Crippen molar-refractivity contribution < 1.29 is 0 Å². The molecule has 3 aromatic rings. The highest BCUT2D eigenvalue weighted by Gasteiger charge is 2.02. The quantitative estimate of drug-likeness (QED) is 0.639. The molecule has 0 aliphatic carbocycles. The van der Waals surface area contributed by atoms with Crippen molar-refractivity contribution in [1.82, 2.24) is 4.98 Å². The summed E-state index contributed by atoms with van der Waals surface area (Å²) in [6, 6.07) is 22.8. The van der Waals surface area contributed by atoms with Crippen LogP contribution in [0.1, 0.15) is 5.56 Å². The van der Waals surface area contributed by atoms with E-state index in [1.807, 2.05) is 30.5 Å². The minimum absolute atomic E-state index is 0.997. The van der Waals surface area contributed by atoms with E-state index in [1.165, 1.54) is 11.1 Å². The Morgan fingerprint density at radius 1 is 0.750 bits per heavy atom. The fourth-order valence-corrected chi connectivity index (χ4v) is 2.20. The van der Waals surface area contributed by atoms with Crippen LogP contribution in [0.25, 0.3) is 28.5 Å². The molecule has 0 atom stereocenters. The first-order valence-corrected chi connectivity index (χ1v) is 6.61. The maximum absolute atomic E-state index is 4.40. The molecule has 96 valence electrons. The summed E-state index contributed by atoms with van der Waals surface area (Å²) in [4.78, 5) is 4.40. The average molecular weight is 257 g/mol. The third kappa shape index (κ3) is 2.52. The van der Waals surface area contributed by atoms with Gasteiger partial charge in [-0.05, 0) is 34.9 Å². The summed E-state index contributed by atoms with van der Waals surface area (Å²) in [6.45, 7) is 3.78. The van der Waals surface area contributed by atoms with Crippen molar-refractivity contribution in [2.75, 3.05) is 0 Å². The van der Waals surface area contributed by atoms with Crippen LogP contribution in [0.4, 0.5) is 0 Å². The molecule has 2 aromatic carbocycles. The molecule has 0 fully saturated rings. The van der Waals surface area contributed by atoms with Crippen LogP contribution < -0.4 is 0 Å². The number of aromatic nitrogens is 1. The second kappa shape index (κ2) is 5.54. The Hall–Kier alpha value is -2.67. The number of hydrogen-bond acceptors (Lipinski definition) is 1. The lowest BCUT2D eigenvalue weighted by Crippen LogP contribution is -1.84. The average Bonchev–Trinajstić information content (AvgIpc) is 2.56. The molecule has 1 aromatic heterocycles. The van der Waals surface area contributed by atoms with Gasteiger partial charge in [0.25, 0.3) is 0 Å². The van der Waals surface area contributed by atoms with Crippen LogP contribution in [0.5, 0.6) is 0 Å².